The average molecular weight is 1050 g/mol. The molecule has 1 aliphatic heterocycles. The van der Waals surface area contributed by atoms with Crippen molar-refractivity contribution in [2.75, 3.05) is 26.4 Å². The Hall–Kier alpha value is -7.02. The average Bonchev–Trinajstić information content (AvgIpc) is 3.88. The molecule has 0 saturated heterocycles. The van der Waals surface area contributed by atoms with Crippen molar-refractivity contribution in [3.63, 3.8) is 0 Å². The second kappa shape index (κ2) is 29.6. The van der Waals surface area contributed by atoms with Gasteiger partial charge in [-0.25, -0.2) is 19.7 Å². The van der Waals surface area contributed by atoms with Crippen LogP contribution in [-0.4, -0.2) is 62.2 Å². The number of unbranched alkanes of at least 4 members (excludes halogenated alkanes) is 6. The Kier molecular flexibility index (Phi) is 22.5. The maximum Gasteiger partial charge on any atom is 0.330 e. The number of carbonyl (C=O) groups excluding carboxylic acids is 6. The molecule has 2 saturated carbocycles. The molecule has 390 valence electrons. The molecule has 16 nitrogen and oxygen atoms in total. The minimum absolute atomic E-state index is 0.148. The van der Waals surface area contributed by atoms with Crippen molar-refractivity contribution < 1.29 is 66.7 Å². The van der Waals surface area contributed by atoms with Crippen molar-refractivity contribution >= 4 is 59.3 Å². The molecule has 0 radical (unpaired) electrons. The first-order chi connectivity index (χ1) is 36.0. The van der Waals surface area contributed by atoms with Crippen LogP contribution in [0.15, 0.2) is 106 Å². The highest BCUT2D eigenvalue weighted by Gasteiger charge is 2.36. The number of thioether (sulfide) groups is 2. The van der Waals surface area contributed by atoms with Gasteiger partial charge >= 0.3 is 35.8 Å². The van der Waals surface area contributed by atoms with Gasteiger partial charge in [0.1, 0.15) is 34.5 Å². The van der Waals surface area contributed by atoms with Gasteiger partial charge in [0.25, 0.3) is 5.70 Å². The molecule has 3 aromatic carbocycles. The minimum atomic E-state index is -0.486. The number of nitrogens with zero attached hydrogens (tertiary/aromatic N) is 2. The predicted molar refractivity (Wildman–Crippen MR) is 274 cm³/mol. The van der Waals surface area contributed by atoms with Crippen molar-refractivity contribution in [2.45, 2.75) is 113 Å². The van der Waals surface area contributed by atoms with E-state index in [0.29, 0.717) is 115 Å². The number of rotatable bonds is 26. The number of nitriles is 1. The van der Waals surface area contributed by atoms with E-state index in [4.69, 9.17) is 44.5 Å². The van der Waals surface area contributed by atoms with Gasteiger partial charge in [0.2, 0.25) is 0 Å². The van der Waals surface area contributed by atoms with E-state index in [1.807, 2.05) is 6.07 Å². The summed E-state index contributed by atoms with van der Waals surface area (Å²) in [5.41, 5.74) is -0.148. The molecule has 18 heteroatoms. The Morgan fingerprint density at radius 1 is 0.514 bits per heavy atom. The summed E-state index contributed by atoms with van der Waals surface area (Å²) in [6, 6.07) is 18.7. The molecule has 6 rings (SSSR count). The van der Waals surface area contributed by atoms with Crippen molar-refractivity contribution in [1.82, 2.24) is 0 Å². The molecule has 1 heterocycles. The van der Waals surface area contributed by atoms with Crippen LogP contribution in [0.25, 0.3) is 4.85 Å². The lowest BCUT2D eigenvalue weighted by atomic mass is 9.82. The van der Waals surface area contributed by atoms with Crippen molar-refractivity contribution in [2.24, 2.45) is 23.7 Å². The summed E-state index contributed by atoms with van der Waals surface area (Å²) in [6.45, 7) is 16.1. The van der Waals surface area contributed by atoms with Gasteiger partial charge in [0.05, 0.1) is 76.8 Å². The Morgan fingerprint density at radius 2 is 0.838 bits per heavy atom. The number of fused-ring (bicyclic) bond motifs is 1. The number of esters is 6. The highest BCUT2D eigenvalue weighted by atomic mass is 32.2. The highest BCUT2D eigenvalue weighted by molar-refractivity contribution is 8.24. The first kappa shape index (κ1) is 56.3. The van der Waals surface area contributed by atoms with Crippen LogP contribution in [0.3, 0.4) is 0 Å². The van der Waals surface area contributed by atoms with Gasteiger partial charge in [-0.2, -0.15) is 0 Å². The van der Waals surface area contributed by atoms with Crippen LogP contribution in [0.2, 0.25) is 0 Å². The fourth-order valence-electron chi connectivity index (χ4n) is 8.38. The number of carbonyl (C=O) groups is 6. The molecule has 3 aliphatic rings. The first-order valence-corrected chi connectivity index (χ1v) is 26.6. The van der Waals surface area contributed by atoms with E-state index in [0.717, 1.165) is 87.0 Å². The maximum absolute atomic E-state index is 13.6. The van der Waals surface area contributed by atoms with Crippen LogP contribution in [0, 0.1) is 41.6 Å². The van der Waals surface area contributed by atoms with Crippen LogP contribution >= 0.6 is 23.5 Å². The number of ether oxygens (including phenoxy) is 8. The molecule has 0 amide bonds. The highest BCUT2D eigenvalue weighted by Crippen LogP contribution is 2.59. The van der Waals surface area contributed by atoms with E-state index in [9.17, 15) is 34.0 Å². The molecule has 3 aromatic rings. The maximum atomic E-state index is 13.6. The smallest absolute Gasteiger partial charge is 0.330 e. The predicted octanol–water partition coefficient (Wildman–Crippen LogP) is 11.5. The van der Waals surface area contributed by atoms with Crippen molar-refractivity contribution in [1.29, 1.82) is 5.26 Å². The third-order valence-electron chi connectivity index (χ3n) is 12.6. The summed E-state index contributed by atoms with van der Waals surface area (Å²) >= 11 is 2.19. The third-order valence-corrected chi connectivity index (χ3v) is 15.2. The van der Waals surface area contributed by atoms with Gasteiger partial charge in [-0.15, -0.1) is 0 Å². The Labute approximate surface area is 439 Å². The molecule has 0 N–H and O–H groups in total. The summed E-state index contributed by atoms with van der Waals surface area (Å²) in [6.07, 6.45) is 12.5. The lowest BCUT2D eigenvalue weighted by Gasteiger charge is -2.26. The number of hydrogen-bond acceptors (Lipinski definition) is 17. The Morgan fingerprint density at radius 3 is 1.16 bits per heavy atom. The van der Waals surface area contributed by atoms with Gasteiger partial charge in [0.15, 0.2) is 0 Å². The molecule has 0 bridgehead atoms. The normalized spacial score (nSPS) is 17.7. The minimum Gasteiger partial charge on any atom is -0.494 e. The zero-order valence-electron chi connectivity index (χ0n) is 41.2. The van der Waals surface area contributed by atoms with Gasteiger partial charge in [-0.1, -0.05) is 36.7 Å². The molecule has 0 spiro atoms. The van der Waals surface area contributed by atoms with E-state index in [-0.39, 0.29) is 29.1 Å². The summed E-state index contributed by atoms with van der Waals surface area (Å²) in [7, 11) is 0. The summed E-state index contributed by atoms with van der Waals surface area (Å²) in [5, 5.41) is 9.68. The van der Waals surface area contributed by atoms with Gasteiger partial charge in [-0.05, 0) is 163 Å². The van der Waals surface area contributed by atoms with Crippen LogP contribution in [0.5, 0.6) is 34.5 Å². The topological polar surface area (TPSA) is 204 Å². The van der Waals surface area contributed by atoms with Crippen LogP contribution in [-0.2, 0) is 38.2 Å². The van der Waals surface area contributed by atoms with Crippen LogP contribution in [0.1, 0.15) is 103 Å². The van der Waals surface area contributed by atoms with Crippen molar-refractivity contribution in [3.8, 4) is 40.6 Å². The molecule has 0 unspecified atom stereocenters. The standard InChI is InChI=1S/C56H60N2O14S2/c1-4-48(59)67-34-12-8-6-10-32-65-41-22-26-43(27-23-41)69-52(61)37-14-18-39(19-15-37)54(63)71-46-30-31-47(51-50(46)73-56(74-51)45(36-57)58-3)72-55(64)40-20-16-38(17-21-40)53(62)70-44-28-24-42(25-29-44)66-33-11-7-9-13-35-68-49(60)5-2/h4-5,22-31,37-40H,1-2,6-21,32-35H2. The third kappa shape index (κ3) is 17.3. The fraction of sp³-hybridized carbons (Fsp3) is 0.429. The summed E-state index contributed by atoms with van der Waals surface area (Å²) in [4.78, 5) is 79.9. The Bertz CT molecular complexity index is 2410. The molecule has 2 fully saturated rings. The molecule has 0 atom stereocenters. The van der Waals surface area contributed by atoms with E-state index >= 15 is 0 Å². The largest absolute Gasteiger partial charge is 0.494 e. The molecular formula is C56H60N2O14S2. The summed E-state index contributed by atoms with van der Waals surface area (Å²) in [5.74, 6) is -1.85. The first-order valence-electron chi connectivity index (χ1n) is 24.9. The molecule has 2 aliphatic carbocycles. The van der Waals surface area contributed by atoms with Crippen LogP contribution < -0.4 is 28.4 Å². The lowest BCUT2D eigenvalue weighted by molar-refractivity contribution is -0.145. The van der Waals surface area contributed by atoms with E-state index in [2.05, 4.69) is 18.0 Å². The lowest BCUT2D eigenvalue weighted by Crippen LogP contribution is -2.30. The monoisotopic (exact) mass is 1050 g/mol. The van der Waals surface area contributed by atoms with Gasteiger partial charge in [-0.3, -0.25) is 19.2 Å². The molecule has 0 aromatic heterocycles. The Balaban J connectivity index is 0.925. The van der Waals surface area contributed by atoms with Crippen molar-refractivity contribution in [3.05, 3.63) is 107 Å². The number of benzene rings is 3. The van der Waals surface area contributed by atoms with E-state index < -0.39 is 47.5 Å². The SMILES string of the molecule is [C-]#[N+]C(C#N)=C1Sc2c(OC(=O)C3CCC(C(=O)Oc4ccc(OCCCCCCOC(=O)C=C)cc4)CC3)ccc(OC(=O)C3CCC(C(=O)Oc4ccc(OCCCCCCOC(=O)C=C)cc4)CC3)c2S1. The fourth-order valence-corrected chi connectivity index (χ4v) is 10.8. The van der Waals surface area contributed by atoms with Gasteiger partial charge < -0.3 is 37.9 Å². The number of hydrogen-bond donors (Lipinski definition) is 0. The second-order valence-corrected chi connectivity index (χ2v) is 20.1. The van der Waals surface area contributed by atoms with E-state index in [1.165, 1.54) is 12.1 Å². The molecule has 74 heavy (non-hydrogen) atoms. The van der Waals surface area contributed by atoms with E-state index in [1.54, 1.807) is 48.5 Å². The summed E-state index contributed by atoms with van der Waals surface area (Å²) < 4.78 is 45.2. The van der Waals surface area contributed by atoms with Gasteiger partial charge in [0, 0.05) is 12.2 Å². The quantitative estimate of drug-likeness (QED) is 0.0183. The zero-order valence-corrected chi connectivity index (χ0v) is 42.9. The van der Waals surface area contributed by atoms with Crippen LogP contribution in [0.4, 0.5) is 0 Å². The zero-order chi connectivity index (χ0) is 52.7. The molecular weight excluding hydrogens is 989 g/mol. The second-order valence-electron chi connectivity index (χ2n) is 17.8. The number of allylic oxidation sites excluding steroid dienone is 1.